The van der Waals surface area contributed by atoms with Crippen LogP contribution in [0.1, 0.15) is 30.1 Å². The molecule has 3 rings (SSSR count). The molecule has 1 atom stereocenters. The Balaban J connectivity index is 1.69. The van der Waals surface area contributed by atoms with Gasteiger partial charge in [-0.15, -0.1) is 0 Å². The van der Waals surface area contributed by atoms with E-state index in [-0.39, 0.29) is 34.5 Å². The van der Waals surface area contributed by atoms with Gasteiger partial charge in [0.05, 0.1) is 28.0 Å². The first-order chi connectivity index (χ1) is 14.3. The molecule has 1 fully saturated rings. The Labute approximate surface area is 181 Å². The molecule has 1 amide bonds. The third kappa shape index (κ3) is 5.00. The van der Waals surface area contributed by atoms with Crippen molar-refractivity contribution in [1.29, 1.82) is 0 Å². The molecule has 2 aromatic rings. The summed E-state index contributed by atoms with van der Waals surface area (Å²) in [6.45, 7) is 2.42. The summed E-state index contributed by atoms with van der Waals surface area (Å²) in [7, 11) is -3.65. The molecule has 1 saturated heterocycles. The number of benzene rings is 2. The van der Waals surface area contributed by atoms with Crippen molar-refractivity contribution < 1.29 is 22.7 Å². The predicted octanol–water partition coefficient (Wildman–Crippen LogP) is 3.56. The molecule has 9 heteroatoms. The third-order valence-corrected chi connectivity index (χ3v) is 7.06. The molecule has 0 aromatic heterocycles. The zero-order valence-electron chi connectivity index (χ0n) is 16.5. The van der Waals surface area contributed by atoms with Crippen LogP contribution >= 0.6 is 11.6 Å². The summed E-state index contributed by atoms with van der Waals surface area (Å²) in [6, 6.07) is 12.7. The predicted molar refractivity (Wildman–Crippen MR) is 114 cm³/mol. The van der Waals surface area contributed by atoms with Crippen LogP contribution in [0.4, 0.5) is 5.69 Å². The Bertz CT molecular complexity index is 1030. The number of rotatable bonds is 6. The number of carbonyl (C=O) groups is 2. The lowest BCUT2D eigenvalue weighted by molar-refractivity contribution is -0.120. The fraction of sp³-hybridized carbons (Fsp3) is 0.333. The maximum absolute atomic E-state index is 12.8. The summed E-state index contributed by atoms with van der Waals surface area (Å²) in [6.07, 6.45) is 1.17. The number of halogens is 1. The Morgan fingerprint density at radius 2 is 1.93 bits per heavy atom. The summed E-state index contributed by atoms with van der Waals surface area (Å²) in [5.74, 6) is -1.31. The molecule has 2 aromatic carbocycles. The Morgan fingerprint density at radius 1 is 1.20 bits per heavy atom. The van der Waals surface area contributed by atoms with E-state index in [9.17, 15) is 18.0 Å². The Morgan fingerprint density at radius 3 is 2.60 bits per heavy atom. The smallest absolute Gasteiger partial charge is 0.339 e. The normalized spacial score (nSPS) is 17.3. The largest absolute Gasteiger partial charge is 0.462 e. The van der Waals surface area contributed by atoms with E-state index in [0.717, 1.165) is 0 Å². The van der Waals surface area contributed by atoms with Gasteiger partial charge in [0.2, 0.25) is 15.9 Å². The fourth-order valence-corrected chi connectivity index (χ4v) is 5.13. The summed E-state index contributed by atoms with van der Waals surface area (Å²) in [5, 5.41) is 2.94. The number of carbonyl (C=O) groups excluding carboxylic acids is 2. The van der Waals surface area contributed by atoms with Gasteiger partial charge in [-0.2, -0.15) is 4.31 Å². The molecule has 160 valence electrons. The van der Waals surface area contributed by atoms with Crippen molar-refractivity contribution in [3.05, 3.63) is 59.1 Å². The minimum Gasteiger partial charge on any atom is -0.462 e. The van der Waals surface area contributed by atoms with Crippen molar-refractivity contribution in [2.75, 3.05) is 25.0 Å². The maximum Gasteiger partial charge on any atom is 0.339 e. The number of nitrogens with one attached hydrogen (secondary N) is 1. The van der Waals surface area contributed by atoms with E-state index in [2.05, 4.69) is 5.32 Å². The van der Waals surface area contributed by atoms with Crippen molar-refractivity contribution in [3.8, 4) is 0 Å². The minimum atomic E-state index is -3.65. The van der Waals surface area contributed by atoms with Gasteiger partial charge in [0, 0.05) is 18.8 Å². The number of piperidine rings is 1. The summed E-state index contributed by atoms with van der Waals surface area (Å²) in [5.41, 5.74) is 0.649. The molecule has 0 bridgehead atoms. The minimum absolute atomic E-state index is 0.109. The second-order valence-electron chi connectivity index (χ2n) is 6.92. The number of anilines is 1. The molecule has 0 radical (unpaired) electrons. The lowest BCUT2D eigenvalue weighted by atomic mass is 9.98. The van der Waals surface area contributed by atoms with Crippen LogP contribution in [0, 0.1) is 5.92 Å². The average Bonchev–Trinajstić information content (AvgIpc) is 2.74. The van der Waals surface area contributed by atoms with E-state index in [1.165, 1.54) is 16.4 Å². The number of amides is 1. The first-order valence-corrected chi connectivity index (χ1v) is 11.5. The molecule has 0 aliphatic carbocycles. The number of esters is 1. The van der Waals surface area contributed by atoms with E-state index in [1.54, 1.807) is 43.3 Å². The quantitative estimate of drug-likeness (QED) is 0.679. The SMILES string of the molecule is CCOC(=O)c1ccc(NC(=O)C2CCCN(S(=O)(=O)c3ccccc3)C2)cc1Cl. The first kappa shape index (κ1) is 22.3. The zero-order chi connectivity index (χ0) is 21.7. The molecule has 0 spiro atoms. The topological polar surface area (TPSA) is 92.8 Å². The van der Waals surface area contributed by atoms with Crippen LogP contribution < -0.4 is 5.32 Å². The number of hydrogen-bond donors (Lipinski definition) is 1. The molecule has 0 saturated carbocycles. The van der Waals surface area contributed by atoms with E-state index in [4.69, 9.17) is 16.3 Å². The summed E-state index contributed by atoms with van der Waals surface area (Å²) < 4.78 is 32.0. The highest BCUT2D eigenvalue weighted by Crippen LogP contribution is 2.26. The number of sulfonamides is 1. The third-order valence-electron chi connectivity index (χ3n) is 4.87. The monoisotopic (exact) mass is 450 g/mol. The fourth-order valence-electron chi connectivity index (χ4n) is 3.33. The lowest BCUT2D eigenvalue weighted by Crippen LogP contribution is -2.43. The van der Waals surface area contributed by atoms with Crippen LogP contribution in [0.5, 0.6) is 0 Å². The van der Waals surface area contributed by atoms with Gasteiger partial charge in [0.25, 0.3) is 0 Å². The van der Waals surface area contributed by atoms with Gasteiger partial charge in [0.1, 0.15) is 0 Å². The van der Waals surface area contributed by atoms with Gasteiger partial charge in [-0.3, -0.25) is 4.79 Å². The Kier molecular flexibility index (Phi) is 7.12. The molecule has 1 N–H and O–H groups in total. The van der Waals surface area contributed by atoms with Gasteiger partial charge in [-0.1, -0.05) is 29.8 Å². The van der Waals surface area contributed by atoms with Crippen molar-refractivity contribution in [2.24, 2.45) is 5.92 Å². The van der Waals surface area contributed by atoms with Crippen LogP contribution in [0.15, 0.2) is 53.4 Å². The molecule has 1 aliphatic heterocycles. The molecular weight excluding hydrogens is 428 g/mol. The molecule has 1 heterocycles. The lowest BCUT2D eigenvalue weighted by Gasteiger charge is -2.31. The van der Waals surface area contributed by atoms with Gasteiger partial charge < -0.3 is 10.1 Å². The van der Waals surface area contributed by atoms with E-state index in [0.29, 0.717) is 25.1 Å². The highest BCUT2D eigenvalue weighted by atomic mass is 35.5. The van der Waals surface area contributed by atoms with E-state index in [1.807, 2.05) is 0 Å². The zero-order valence-corrected chi connectivity index (χ0v) is 18.1. The van der Waals surface area contributed by atoms with Gasteiger partial charge in [0.15, 0.2) is 0 Å². The van der Waals surface area contributed by atoms with Crippen molar-refractivity contribution in [2.45, 2.75) is 24.7 Å². The highest BCUT2D eigenvalue weighted by Gasteiger charge is 2.33. The number of nitrogens with zero attached hydrogens (tertiary/aromatic N) is 1. The van der Waals surface area contributed by atoms with Crippen molar-refractivity contribution in [3.63, 3.8) is 0 Å². The molecule has 7 nitrogen and oxygen atoms in total. The molecular formula is C21H23ClN2O5S. The maximum atomic E-state index is 12.8. The number of ether oxygens (including phenoxy) is 1. The summed E-state index contributed by atoms with van der Waals surface area (Å²) in [4.78, 5) is 24.8. The van der Waals surface area contributed by atoms with E-state index < -0.39 is 21.9 Å². The van der Waals surface area contributed by atoms with Crippen LogP contribution in [-0.2, 0) is 19.6 Å². The second kappa shape index (κ2) is 9.59. The van der Waals surface area contributed by atoms with Crippen LogP contribution in [0.25, 0.3) is 0 Å². The number of hydrogen-bond acceptors (Lipinski definition) is 5. The van der Waals surface area contributed by atoms with Crippen molar-refractivity contribution in [1.82, 2.24) is 4.31 Å². The van der Waals surface area contributed by atoms with Gasteiger partial charge in [-0.25, -0.2) is 13.2 Å². The Hall–Kier alpha value is -2.42. The first-order valence-electron chi connectivity index (χ1n) is 9.65. The molecule has 1 aliphatic rings. The van der Waals surface area contributed by atoms with E-state index >= 15 is 0 Å². The standard InChI is InChI=1S/C21H23ClN2O5S/c1-2-29-21(26)18-11-10-16(13-19(18)22)23-20(25)15-7-6-12-24(14-15)30(27,28)17-8-4-3-5-9-17/h3-5,8-11,13,15H,2,6-7,12,14H2,1H3,(H,23,25). The van der Waals surface area contributed by atoms with Gasteiger partial charge >= 0.3 is 5.97 Å². The average molecular weight is 451 g/mol. The van der Waals surface area contributed by atoms with Crippen molar-refractivity contribution >= 4 is 39.2 Å². The summed E-state index contributed by atoms with van der Waals surface area (Å²) >= 11 is 6.14. The molecule has 1 unspecified atom stereocenters. The van der Waals surface area contributed by atoms with Crippen LogP contribution in [0.2, 0.25) is 5.02 Å². The van der Waals surface area contributed by atoms with Crippen LogP contribution in [-0.4, -0.2) is 44.3 Å². The molecule has 30 heavy (non-hydrogen) atoms. The van der Waals surface area contributed by atoms with Crippen LogP contribution in [0.3, 0.4) is 0 Å². The highest BCUT2D eigenvalue weighted by molar-refractivity contribution is 7.89. The van der Waals surface area contributed by atoms with Gasteiger partial charge in [-0.05, 0) is 50.1 Å². The second-order valence-corrected chi connectivity index (χ2v) is 9.26.